The molecule has 18 heavy (non-hydrogen) atoms. The van der Waals surface area contributed by atoms with Crippen LogP contribution in [-0.2, 0) is 13.0 Å². The molecule has 0 aliphatic carbocycles. The predicted molar refractivity (Wildman–Crippen MR) is 77.5 cm³/mol. The van der Waals surface area contributed by atoms with Gasteiger partial charge in [-0.25, -0.2) is 4.57 Å². The van der Waals surface area contributed by atoms with Crippen LogP contribution in [0.15, 0.2) is 36.7 Å². The summed E-state index contributed by atoms with van der Waals surface area (Å²) in [5.74, 6) is 1.41. The predicted octanol–water partition coefficient (Wildman–Crippen LogP) is 3.98. The van der Waals surface area contributed by atoms with Crippen molar-refractivity contribution in [1.82, 2.24) is 0 Å². The smallest absolute Gasteiger partial charge is 0.176 e. The van der Waals surface area contributed by atoms with E-state index in [9.17, 15) is 0 Å². The Morgan fingerprint density at radius 2 is 1.72 bits per heavy atom. The largest absolute Gasteiger partial charge is 0.204 e. The van der Waals surface area contributed by atoms with Crippen molar-refractivity contribution in [3.05, 3.63) is 42.2 Å². The number of benzene rings is 1. The molecule has 1 nitrogen and oxygen atoms in total. The molecule has 0 unspecified atom stereocenters. The molecule has 0 saturated heterocycles. The quantitative estimate of drug-likeness (QED) is 0.714. The highest BCUT2D eigenvalue weighted by molar-refractivity contribution is 5.81. The topological polar surface area (TPSA) is 3.88 Å². The molecule has 1 aromatic heterocycles. The van der Waals surface area contributed by atoms with E-state index in [1.54, 1.807) is 0 Å². The summed E-state index contributed by atoms with van der Waals surface area (Å²) >= 11 is 0. The molecule has 0 aliphatic heterocycles. The van der Waals surface area contributed by atoms with Gasteiger partial charge in [0.2, 0.25) is 0 Å². The highest BCUT2D eigenvalue weighted by atomic mass is 14.9. The van der Waals surface area contributed by atoms with Crippen molar-refractivity contribution >= 4 is 10.8 Å². The minimum atomic E-state index is 0.688. The van der Waals surface area contributed by atoms with Gasteiger partial charge in [-0.3, -0.25) is 0 Å². The Hall–Kier alpha value is -1.37. The van der Waals surface area contributed by atoms with Crippen LogP contribution in [0.4, 0.5) is 0 Å². The standard InChI is InChI=1S/C17H24N/c1-13(2)9-15-5-6-17-12-18(11-14(3)4)8-7-16(17)10-15/h5-8,10,12-14H,9,11H2,1-4H3/q+1. The minimum absolute atomic E-state index is 0.688. The third-order valence-electron chi connectivity index (χ3n) is 3.12. The fraction of sp³-hybridized carbons (Fsp3) is 0.471. The van der Waals surface area contributed by atoms with E-state index in [4.69, 9.17) is 0 Å². The third-order valence-corrected chi connectivity index (χ3v) is 3.12. The monoisotopic (exact) mass is 242 g/mol. The first-order valence-electron chi connectivity index (χ1n) is 6.96. The maximum absolute atomic E-state index is 2.33. The number of aromatic nitrogens is 1. The van der Waals surface area contributed by atoms with Gasteiger partial charge >= 0.3 is 0 Å². The molecule has 0 bridgehead atoms. The normalized spacial score (nSPS) is 11.7. The van der Waals surface area contributed by atoms with Crippen molar-refractivity contribution in [3.8, 4) is 0 Å². The van der Waals surface area contributed by atoms with Crippen molar-refractivity contribution in [1.29, 1.82) is 0 Å². The molecule has 0 spiro atoms. The summed E-state index contributed by atoms with van der Waals surface area (Å²) in [7, 11) is 0. The van der Waals surface area contributed by atoms with Crippen LogP contribution in [0.1, 0.15) is 33.3 Å². The van der Waals surface area contributed by atoms with E-state index < -0.39 is 0 Å². The van der Waals surface area contributed by atoms with Gasteiger partial charge < -0.3 is 0 Å². The van der Waals surface area contributed by atoms with Crippen LogP contribution in [0, 0.1) is 11.8 Å². The number of nitrogens with zero attached hydrogens (tertiary/aromatic N) is 1. The molecule has 0 saturated carbocycles. The summed E-state index contributed by atoms with van der Waals surface area (Å²) in [4.78, 5) is 0. The van der Waals surface area contributed by atoms with Crippen LogP contribution in [-0.4, -0.2) is 0 Å². The average Bonchev–Trinajstić information content (AvgIpc) is 2.27. The fourth-order valence-electron chi connectivity index (χ4n) is 2.42. The molecule has 2 rings (SSSR count). The Balaban J connectivity index is 2.30. The second-order valence-electron chi connectivity index (χ2n) is 6.10. The Bertz CT molecular complexity index is 477. The number of rotatable bonds is 4. The zero-order valence-corrected chi connectivity index (χ0v) is 12.0. The van der Waals surface area contributed by atoms with Gasteiger partial charge in [-0.15, -0.1) is 0 Å². The number of fused-ring (bicyclic) bond motifs is 1. The number of hydrogen-bond acceptors (Lipinski definition) is 0. The van der Waals surface area contributed by atoms with Gasteiger partial charge in [0, 0.05) is 17.4 Å². The second-order valence-corrected chi connectivity index (χ2v) is 6.10. The molecule has 0 aliphatic rings. The summed E-state index contributed by atoms with van der Waals surface area (Å²) in [6, 6.07) is 9.09. The molecular formula is C17H24N+. The number of hydrogen-bond donors (Lipinski definition) is 0. The Morgan fingerprint density at radius 3 is 2.39 bits per heavy atom. The Kier molecular flexibility index (Phi) is 4.00. The second kappa shape index (κ2) is 5.51. The summed E-state index contributed by atoms with van der Waals surface area (Å²) in [6.07, 6.45) is 5.62. The molecule has 1 heterocycles. The lowest BCUT2D eigenvalue weighted by Crippen LogP contribution is -2.35. The molecular weight excluding hydrogens is 218 g/mol. The zero-order valence-electron chi connectivity index (χ0n) is 12.0. The van der Waals surface area contributed by atoms with Crippen molar-refractivity contribution in [2.24, 2.45) is 11.8 Å². The van der Waals surface area contributed by atoms with Crippen LogP contribution >= 0.6 is 0 Å². The maximum atomic E-state index is 2.33. The van der Waals surface area contributed by atoms with Gasteiger partial charge in [0.15, 0.2) is 18.9 Å². The average molecular weight is 242 g/mol. The first-order chi connectivity index (χ1) is 8.54. The van der Waals surface area contributed by atoms with Crippen molar-refractivity contribution in [2.45, 2.75) is 40.7 Å². The van der Waals surface area contributed by atoms with Gasteiger partial charge in [-0.2, -0.15) is 0 Å². The van der Waals surface area contributed by atoms with Crippen molar-refractivity contribution in [3.63, 3.8) is 0 Å². The van der Waals surface area contributed by atoms with Gasteiger partial charge in [-0.05, 0) is 29.4 Å². The highest BCUT2D eigenvalue weighted by Crippen LogP contribution is 2.16. The van der Waals surface area contributed by atoms with Crippen molar-refractivity contribution in [2.75, 3.05) is 0 Å². The Labute approximate surface area is 110 Å². The molecule has 1 aromatic carbocycles. The van der Waals surface area contributed by atoms with Crippen molar-refractivity contribution < 1.29 is 4.57 Å². The fourth-order valence-corrected chi connectivity index (χ4v) is 2.42. The minimum Gasteiger partial charge on any atom is -0.204 e. The third kappa shape index (κ3) is 3.32. The van der Waals surface area contributed by atoms with E-state index >= 15 is 0 Å². The lowest BCUT2D eigenvalue weighted by atomic mass is 10.0. The summed E-state index contributed by atoms with van der Waals surface area (Å²) in [5, 5.41) is 2.69. The lowest BCUT2D eigenvalue weighted by Gasteiger charge is -2.06. The molecule has 96 valence electrons. The van der Waals surface area contributed by atoms with E-state index in [0.717, 1.165) is 18.9 Å². The summed E-state index contributed by atoms with van der Waals surface area (Å²) in [6.45, 7) is 10.1. The summed E-state index contributed by atoms with van der Waals surface area (Å²) < 4.78 is 2.29. The maximum Gasteiger partial charge on any atom is 0.176 e. The molecule has 0 N–H and O–H groups in total. The zero-order chi connectivity index (χ0) is 13.1. The molecule has 0 fully saturated rings. The summed E-state index contributed by atoms with van der Waals surface area (Å²) in [5.41, 5.74) is 1.44. The van der Waals surface area contributed by atoms with Crippen LogP contribution in [0.25, 0.3) is 10.8 Å². The first-order valence-corrected chi connectivity index (χ1v) is 6.96. The van der Waals surface area contributed by atoms with E-state index in [2.05, 4.69) is 68.9 Å². The van der Waals surface area contributed by atoms with Crippen LogP contribution in [0.3, 0.4) is 0 Å². The van der Waals surface area contributed by atoms with Crippen LogP contribution in [0.2, 0.25) is 0 Å². The van der Waals surface area contributed by atoms with Gasteiger partial charge in [0.1, 0.15) is 0 Å². The molecule has 0 radical (unpaired) electrons. The molecule has 0 atom stereocenters. The van der Waals surface area contributed by atoms with Gasteiger partial charge in [-0.1, -0.05) is 39.8 Å². The van der Waals surface area contributed by atoms with Gasteiger partial charge in [0.25, 0.3) is 0 Å². The van der Waals surface area contributed by atoms with E-state index in [1.807, 2.05) is 0 Å². The van der Waals surface area contributed by atoms with Crippen LogP contribution < -0.4 is 4.57 Å². The van der Waals surface area contributed by atoms with Crippen LogP contribution in [0.5, 0.6) is 0 Å². The highest BCUT2D eigenvalue weighted by Gasteiger charge is 2.06. The number of pyridine rings is 1. The molecule has 1 heteroatoms. The van der Waals surface area contributed by atoms with E-state index in [0.29, 0.717) is 5.92 Å². The van der Waals surface area contributed by atoms with Gasteiger partial charge in [0.05, 0.1) is 0 Å². The Morgan fingerprint density at radius 1 is 0.944 bits per heavy atom. The molecule has 0 amide bonds. The SMILES string of the molecule is CC(C)Cc1ccc2c[n+](CC(C)C)ccc2c1. The lowest BCUT2D eigenvalue weighted by molar-refractivity contribution is -0.701. The van der Waals surface area contributed by atoms with E-state index in [1.165, 1.54) is 16.3 Å². The van der Waals surface area contributed by atoms with E-state index in [-0.39, 0.29) is 0 Å². The molecule has 2 aromatic rings. The first kappa shape index (κ1) is 13.1.